The molecule has 1 aromatic carbocycles. The first-order chi connectivity index (χ1) is 10.9. The molecule has 4 unspecified atom stereocenters. The van der Waals surface area contributed by atoms with E-state index >= 15 is 0 Å². The standard InChI is InChI=1S/C18H24O5/c1-11-2-3-12-8-13(19)5-7-17(12)16(11)6-4-14(20)9-15(21)10-18(22)23/h2-3,5,7-8,11,14-16,19-21H,4,6,9-10H2,1H3,(H,22,23). The molecule has 1 aromatic rings. The molecule has 0 saturated carbocycles. The minimum Gasteiger partial charge on any atom is -0.508 e. The van der Waals surface area contributed by atoms with Crippen LogP contribution in [0.2, 0.25) is 0 Å². The van der Waals surface area contributed by atoms with Gasteiger partial charge in [-0.15, -0.1) is 0 Å². The summed E-state index contributed by atoms with van der Waals surface area (Å²) in [5.41, 5.74) is 2.14. The van der Waals surface area contributed by atoms with Gasteiger partial charge in [-0.2, -0.15) is 0 Å². The molecule has 0 heterocycles. The Balaban J connectivity index is 1.95. The maximum atomic E-state index is 10.5. The molecule has 0 radical (unpaired) electrons. The van der Waals surface area contributed by atoms with E-state index in [2.05, 4.69) is 13.0 Å². The van der Waals surface area contributed by atoms with Crippen LogP contribution < -0.4 is 0 Å². The molecule has 0 aliphatic heterocycles. The SMILES string of the molecule is CC1C=Cc2cc(O)ccc2C1CCC(O)CC(O)CC(=O)O. The van der Waals surface area contributed by atoms with Crippen molar-refractivity contribution in [1.82, 2.24) is 0 Å². The van der Waals surface area contributed by atoms with Gasteiger partial charge in [0.15, 0.2) is 0 Å². The van der Waals surface area contributed by atoms with E-state index in [-0.39, 0.29) is 24.5 Å². The zero-order valence-corrected chi connectivity index (χ0v) is 13.2. The zero-order chi connectivity index (χ0) is 17.0. The number of aromatic hydroxyl groups is 1. The molecular formula is C18H24O5. The van der Waals surface area contributed by atoms with Gasteiger partial charge in [0.1, 0.15) is 5.75 Å². The van der Waals surface area contributed by atoms with E-state index in [1.807, 2.05) is 12.1 Å². The molecular weight excluding hydrogens is 296 g/mol. The fraction of sp³-hybridized carbons (Fsp3) is 0.500. The van der Waals surface area contributed by atoms with Crippen LogP contribution in [0.15, 0.2) is 24.3 Å². The maximum Gasteiger partial charge on any atom is 0.305 e. The summed E-state index contributed by atoms with van der Waals surface area (Å²) in [5, 5.41) is 37.8. The average molecular weight is 320 g/mol. The molecule has 1 aliphatic carbocycles. The normalized spacial score (nSPS) is 22.4. The van der Waals surface area contributed by atoms with Crippen LogP contribution in [0, 0.1) is 5.92 Å². The minimum absolute atomic E-state index is 0.0751. The molecule has 23 heavy (non-hydrogen) atoms. The van der Waals surface area contributed by atoms with E-state index < -0.39 is 18.2 Å². The van der Waals surface area contributed by atoms with Crippen molar-refractivity contribution in [2.75, 3.05) is 0 Å². The third kappa shape index (κ3) is 4.81. The second-order valence-electron chi connectivity index (χ2n) is 6.36. The lowest BCUT2D eigenvalue weighted by Crippen LogP contribution is -2.22. The average Bonchev–Trinajstić information content (AvgIpc) is 2.45. The Kier molecular flexibility index (Phi) is 5.80. The summed E-state index contributed by atoms with van der Waals surface area (Å²) in [5.74, 6) is -0.270. The molecule has 4 N–H and O–H groups in total. The van der Waals surface area contributed by atoms with Crippen LogP contribution in [0.1, 0.15) is 49.7 Å². The van der Waals surface area contributed by atoms with Crippen molar-refractivity contribution in [2.45, 2.75) is 50.7 Å². The Labute approximate surface area is 135 Å². The lowest BCUT2D eigenvalue weighted by atomic mass is 9.77. The van der Waals surface area contributed by atoms with Crippen molar-refractivity contribution in [3.05, 3.63) is 35.4 Å². The summed E-state index contributed by atoms with van der Waals surface area (Å²) >= 11 is 0. The number of aliphatic carboxylic acids is 1. The predicted molar refractivity (Wildman–Crippen MR) is 87.2 cm³/mol. The summed E-state index contributed by atoms with van der Waals surface area (Å²) in [6.07, 6.45) is 3.33. The summed E-state index contributed by atoms with van der Waals surface area (Å²) in [6, 6.07) is 5.32. The Morgan fingerprint density at radius 1 is 1.26 bits per heavy atom. The van der Waals surface area contributed by atoms with E-state index in [0.717, 1.165) is 17.5 Å². The number of fused-ring (bicyclic) bond motifs is 1. The number of aliphatic hydroxyl groups is 2. The quantitative estimate of drug-likeness (QED) is 0.619. The van der Waals surface area contributed by atoms with Crippen LogP contribution in [0.4, 0.5) is 0 Å². The number of hydrogen-bond acceptors (Lipinski definition) is 4. The van der Waals surface area contributed by atoms with Crippen molar-refractivity contribution in [3.63, 3.8) is 0 Å². The van der Waals surface area contributed by atoms with Gasteiger partial charge in [-0.3, -0.25) is 4.79 Å². The van der Waals surface area contributed by atoms with Crippen molar-refractivity contribution in [1.29, 1.82) is 0 Å². The largest absolute Gasteiger partial charge is 0.508 e. The van der Waals surface area contributed by atoms with Gasteiger partial charge in [0.05, 0.1) is 18.6 Å². The zero-order valence-electron chi connectivity index (χ0n) is 13.2. The highest BCUT2D eigenvalue weighted by Gasteiger charge is 2.25. The number of hydrogen-bond donors (Lipinski definition) is 4. The van der Waals surface area contributed by atoms with Crippen molar-refractivity contribution >= 4 is 12.0 Å². The van der Waals surface area contributed by atoms with Gasteiger partial charge in [-0.1, -0.05) is 25.1 Å². The highest BCUT2D eigenvalue weighted by molar-refractivity contribution is 5.67. The van der Waals surface area contributed by atoms with Crippen LogP contribution >= 0.6 is 0 Å². The van der Waals surface area contributed by atoms with Crippen LogP contribution in [-0.4, -0.2) is 38.6 Å². The van der Waals surface area contributed by atoms with Gasteiger partial charge in [-0.05, 0) is 54.4 Å². The summed E-state index contributed by atoms with van der Waals surface area (Å²) in [6.45, 7) is 2.11. The molecule has 0 aromatic heterocycles. The van der Waals surface area contributed by atoms with Gasteiger partial charge in [0, 0.05) is 0 Å². The van der Waals surface area contributed by atoms with Gasteiger partial charge in [0.25, 0.3) is 0 Å². The van der Waals surface area contributed by atoms with Crippen molar-refractivity contribution in [3.8, 4) is 5.75 Å². The molecule has 126 valence electrons. The summed E-state index contributed by atoms with van der Waals surface area (Å²) < 4.78 is 0. The second kappa shape index (κ2) is 7.62. The Morgan fingerprint density at radius 3 is 2.70 bits per heavy atom. The topological polar surface area (TPSA) is 98.0 Å². The van der Waals surface area contributed by atoms with E-state index in [0.29, 0.717) is 12.3 Å². The lowest BCUT2D eigenvalue weighted by Gasteiger charge is -2.28. The van der Waals surface area contributed by atoms with Crippen LogP contribution in [0.5, 0.6) is 5.75 Å². The number of allylic oxidation sites excluding steroid dienone is 1. The molecule has 1 aliphatic rings. The van der Waals surface area contributed by atoms with Gasteiger partial charge < -0.3 is 20.4 Å². The minimum atomic E-state index is -1.07. The number of phenolic OH excluding ortho intramolecular Hbond substituents is 1. The first-order valence-corrected chi connectivity index (χ1v) is 7.96. The fourth-order valence-electron chi connectivity index (χ4n) is 3.22. The van der Waals surface area contributed by atoms with Crippen LogP contribution in [0.3, 0.4) is 0 Å². The van der Waals surface area contributed by atoms with E-state index in [9.17, 15) is 20.1 Å². The first-order valence-electron chi connectivity index (χ1n) is 7.96. The third-order valence-electron chi connectivity index (χ3n) is 4.45. The van der Waals surface area contributed by atoms with Crippen LogP contribution in [-0.2, 0) is 4.79 Å². The molecule has 0 saturated heterocycles. The Bertz CT molecular complexity index is 581. The number of carboxylic acid groups (broad SMARTS) is 1. The first kappa shape index (κ1) is 17.5. The van der Waals surface area contributed by atoms with Gasteiger partial charge >= 0.3 is 5.97 Å². The van der Waals surface area contributed by atoms with Gasteiger partial charge in [0.2, 0.25) is 0 Å². The molecule has 0 spiro atoms. The molecule has 0 bridgehead atoms. The summed E-state index contributed by atoms with van der Waals surface area (Å²) in [4.78, 5) is 10.5. The summed E-state index contributed by atoms with van der Waals surface area (Å²) in [7, 11) is 0. The number of aliphatic hydroxyl groups excluding tert-OH is 2. The van der Waals surface area contributed by atoms with Crippen LogP contribution in [0.25, 0.3) is 6.08 Å². The van der Waals surface area contributed by atoms with E-state index in [1.165, 1.54) is 0 Å². The van der Waals surface area contributed by atoms with Crippen molar-refractivity contribution < 1.29 is 25.2 Å². The molecule has 0 amide bonds. The highest BCUT2D eigenvalue weighted by Crippen LogP contribution is 2.38. The number of phenols is 1. The predicted octanol–water partition coefficient (Wildman–Crippen LogP) is 2.51. The number of benzene rings is 1. The van der Waals surface area contributed by atoms with E-state index in [4.69, 9.17) is 5.11 Å². The van der Waals surface area contributed by atoms with Gasteiger partial charge in [-0.25, -0.2) is 0 Å². The lowest BCUT2D eigenvalue weighted by molar-refractivity contribution is -0.139. The Hall–Kier alpha value is -1.85. The fourth-order valence-corrected chi connectivity index (χ4v) is 3.22. The monoisotopic (exact) mass is 320 g/mol. The molecule has 5 nitrogen and oxygen atoms in total. The maximum absolute atomic E-state index is 10.5. The highest BCUT2D eigenvalue weighted by atomic mass is 16.4. The number of carbonyl (C=O) groups is 1. The smallest absolute Gasteiger partial charge is 0.305 e. The molecule has 5 heteroatoms. The second-order valence-corrected chi connectivity index (χ2v) is 6.36. The van der Waals surface area contributed by atoms with Crippen molar-refractivity contribution in [2.24, 2.45) is 5.92 Å². The number of carboxylic acids is 1. The molecule has 0 fully saturated rings. The molecule has 2 rings (SSSR count). The van der Waals surface area contributed by atoms with E-state index in [1.54, 1.807) is 12.1 Å². The third-order valence-corrected chi connectivity index (χ3v) is 4.45. The number of rotatable bonds is 7. The Morgan fingerprint density at radius 2 is 2.00 bits per heavy atom. The molecule has 4 atom stereocenters.